The molecule has 3 aromatic rings. The van der Waals surface area contributed by atoms with Crippen LogP contribution in [0.3, 0.4) is 0 Å². The normalized spacial score (nSPS) is 17.9. The third-order valence-corrected chi connectivity index (χ3v) is 5.22. The van der Waals surface area contributed by atoms with Gasteiger partial charge in [-0.25, -0.2) is 0 Å². The van der Waals surface area contributed by atoms with E-state index in [4.69, 9.17) is 16.3 Å². The number of hydrogen-bond donors (Lipinski definition) is 1. The Balaban J connectivity index is 1.48. The zero-order valence-corrected chi connectivity index (χ0v) is 17.0. The number of nitrogens with zero attached hydrogens (tertiary/aromatic N) is 2. The highest BCUT2D eigenvalue weighted by molar-refractivity contribution is 6.30. The molecule has 145 valence electrons. The van der Waals surface area contributed by atoms with Gasteiger partial charge in [0.05, 0.1) is 24.1 Å². The van der Waals surface area contributed by atoms with Crippen LogP contribution >= 0.6 is 11.6 Å². The van der Waals surface area contributed by atoms with Gasteiger partial charge < -0.3 is 4.74 Å². The van der Waals surface area contributed by atoms with Crippen molar-refractivity contribution in [3.05, 3.63) is 71.1 Å². The summed E-state index contributed by atoms with van der Waals surface area (Å²) in [7, 11) is 0. The monoisotopic (exact) mass is 394 g/mol. The average Bonchev–Trinajstić information content (AvgIpc) is 3.18. The highest BCUT2D eigenvalue weighted by Gasteiger charge is 2.22. The summed E-state index contributed by atoms with van der Waals surface area (Å²) in [5, 5.41) is 8.29. The smallest absolute Gasteiger partial charge is 0.0952 e. The summed E-state index contributed by atoms with van der Waals surface area (Å²) in [6.45, 7) is 8.12. The quantitative estimate of drug-likeness (QED) is 0.631. The molecule has 1 aromatic heterocycles. The third-order valence-electron chi connectivity index (χ3n) is 4.98. The number of morpholine rings is 1. The van der Waals surface area contributed by atoms with Crippen LogP contribution < -0.4 is 0 Å². The molecular weight excluding hydrogens is 370 g/mol. The summed E-state index contributed by atoms with van der Waals surface area (Å²) in [6.07, 6.45) is 0.128. The Morgan fingerprint density at radius 1 is 1.14 bits per heavy atom. The second-order valence-corrected chi connectivity index (χ2v) is 8.04. The minimum Gasteiger partial charge on any atom is -0.371 e. The number of ether oxygens (including phenoxy) is 1. The third kappa shape index (κ3) is 4.46. The van der Waals surface area contributed by atoms with Gasteiger partial charge in [0.15, 0.2) is 0 Å². The fourth-order valence-corrected chi connectivity index (χ4v) is 3.83. The topological polar surface area (TPSA) is 41.1 Å². The van der Waals surface area contributed by atoms with Crippen molar-refractivity contribution in [1.29, 1.82) is 0 Å². The maximum atomic E-state index is 6.10. The highest BCUT2D eigenvalue weighted by Crippen LogP contribution is 2.28. The van der Waals surface area contributed by atoms with Crippen molar-refractivity contribution in [1.82, 2.24) is 15.1 Å². The van der Waals surface area contributed by atoms with Crippen LogP contribution in [-0.2, 0) is 4.74 Å². The van der Waals surface area contributed by atoms with Gasteiger partial charge in [-0.3, -0.25) is 10.00 Å². The van der Waals surface area contributed by atoms with Gasteiger partial charge in [0, 0.05) is 35.8 Å². The standard InChI is InChI=1S/C23H25ClN3O/c1-16(2)14-27-10-11-28-23(15-27)18-8-6-17(7-9-18)21-13-22(26-25-21)19-4-3-5-20(24)12-19/h3-9,12-13,23H,10-11,14-15H2,1-2H3,(H,25,26)/t23-/m0/s1. The Morgan fingerprint density at radius 3 is 2.71 bits per heavy atom. The maximum Gasteiger partial charge on any atom is 0.0952 e. The Labute approximate surface area is 171 Å². The minimum atomic E-state index is 0.128. The molecule has 1 aliphatic heterocycles. The molecule has 0 amide bonds. The molecule has 1 radical (unpaired) electrons. The first-order chi connectivity index (χ1) is 13.6. The van der Waals surface area contributed by atoms with Crippen LogP contribution in [0, 0.1) is 5.92 Å². The summed E-state index contributed by atoms with van der Waals surface area (Å²) in [4.78, 5) is 2.46. The van der Waals surface area contributed by atoms with Gasteiger partial charge in [-0.15, -0.1) is 0 Å². The Hall–Kier alpha value is -2.14. The summed E-state index contributed by atoms with van der Waals surface area (Å²) in [6, 6.07) is 18.4. The van der Waals surface area contributed by atoms with Crippen molar-refractivity contribution >= 4 is 11.6 Å². The molecule has 1 aliphatic rings. The van der Waals surface area contributed by atoms with Crippen molar-refractivity contribution in [2.75, 3.05) is 26.2 Å². The van der Waals surface area contributed by atoms with E-state index in [2.05, 4.69) is 59.3 Å². The maximum absolute atomic E-state index is 6.10. The van der Waals surface area contributed by atoms with E-state index in [0.29, 0.717) is 0 Å². The van der Waals surface area contributed by atoms with Crippen LogP contribution in [0.2, 0.25) is 5.02 Å². The average molecular weight is 395 g/mol. The van der Waals surface area contributed by atoms with E-state index in [1.54, 1.807) is 0 Å². The lowest BCUT2D eigenvalue weighted by atomic mass is 10.0. The van der Waals surface area contributed by atoms with Gasteiger partial charge in [-0.05, 0) is 29.7 Å². The Kier molecular flexibility index (Phi) is 5.81. The lowest BCUT2D eigenvalue weighted by molar-refractivity contribution is -0.0283. The molecular formula is C23H25ClN3O. The fourth-order valence-electron chi connectivity index (χ4n) is 3.64. The van der Waals surface area contributed by atoms with Crippen molar-refractivity contribution in [2.24, 2.45) is 0 Å². The number of rotatable bonds is 5. The summed E-state index contributed by atoms with van der Waals surface area (Å²) >= 11 is 6.10. The molecule has 1 N–H and O–H groups in total. The molecule has 4 nitrogen and oxygen atoms in total. The molecule has 1 saturated heterocycles. The van der Waals surface area contributed by atoms with E-state index in [0.717, 1.165) is 53.8 Å². The largest absolute Gasteiger partial charge is 0.371 e. The van der Waals surface area contributed by atoms with Gasteiger partial charge in [-0.1, -0.05) is 61.8 Å². The van der Waals surface area contributed by atoms with Crippen LogP contribution in [-0.4, -0.2) is 41.3 Å². The molecule has 5 heteroatoms. The highest BCUT2D eigenvalue weighted by atomic mass is 35.5. The number of aromatic nitrogens is 2. The number of nitrogens with one attached hydrogen (secondary N) is 1. The molecule has 1 atom stereocenters. The van der Waals surface area contributed by atoms with Crippen LogP contribution in [0.4, 0.5) is 0 Å². The van der Waals surface area contributed by atoms with Gasteiger partial charge in [0.1, 0.15) is 0 Å². The van der Waals surface area contributed by atoms with Gasteiger partial charge in [0.25, 0.3) is 0 Å². The number of hydrogen-bond acceptors (Lipinski definition) is 3. The summed E-state index contributed by atoms with van der Waals surface area (Å²) in [5.74, 6) is 1.44. The molecule has 28 heavy (non-hydrogen) atoms. The zero-order chi connectivity index (χ0) is 19.5. The molecule has 2 heterocycles. The molecule has 4 rings (SSSR count). The fraction of sp³-hybridized carbons (Fsp3) is 0.304. The van der Waals surface area contributed by atoms with E-state index in [1.165, 1.54) is 11.5 Å². The van der Waals surface area contributed by atoms with Crippen molar-refractivity contribution in [3.63, 3.8) is 0 Å². The van der Waals surface area contributed by atoms with Crippen LogP contribution in [0.25, 0.3) is 22.5 Å². The number of benzene rings is 2. The van der Waals surface area contributed by atoms with Crippen molar-refractivity contribution in [3.8, 4) is 22.5 Å². The summed E-state index contributed by atoms with van der Waals surface area (Å²) < 4.78 is 6.01. The minimum absolute atomic E-state index is 0.128. The van der Waals surface area contributed by atoms with Gasteiger partial charge >= 0.3 is 0 Å². The SMILES string of the molecule is C[C](C)CN1CCO[C@H](c2ccc(-c3cc(-c4cccc(Cl)c4)[nH]n3)cc2)C1. The molecule has 0 bridgehead atoms. The van der Waals surface area contributed by atoms with E-state index in [1.807, 2.05) is 24.3 Å². The number of aromatic amines is 1. The van der Waals surface area contributed by atoms with E-state index in [9.17, 15) is 0 Å². The van der Waals surface area contributed by atoms with Gasteiger partial charge in [0.2, 0.25) is 0 Å². The first kappa shape index (κ1) is 19.2. The van der Waals surface area contributed by atoms with Gasteiger partial charge in [-0.2, -0.15) is 5.10 Å². The van der Waals surface area contributed by atoms with Crippen LogP contribution in [0.1, 0.15) is 25.5 Å². The Morgan fingerprint density at radius 2 is 1.96 bits per heavy atom. The first-order valence-corrected chi connectivity index (χ1v) is 10.0. The second kappa shape index (κ2) is 8.48. The zero-order valence-electron chi connectivity index (χ0n) is 16.3. The molecule has 1 fully saturated rings. The lowest BCUT2D eigenvalue weighted by Crippen LogP contribution is -2.39. The predicted molar refractivity (Wildman–Crippen MR) is 114 cm³/mol. The van der Waals surface area contributed by atoms with E-state index >= 15 is 0 Å². The first-order valence-electron chi connectivity index (χ1n) is 9.63. The molecule has 2 aromatic carbocycles. The van der Waals surface area contributed by atoms with Crippen LogP contribution in [0.5, 0.6) is 0 Å². The lowest BCUT2D eigenvalue weighted by Gasteiger charge is -2.34. The van der Waals surface area contributed by atoms with Crippen molar-refractivity contribution in [2.45, 2.75) is 20.0 Å². The molecule has 0 unspecified atom stereocenters. The van der Waals surface area contributed by atoms with Crippen molar-refractivity contribution < 1.29 is 4.74 Å². The Bertz CT molecular complexity index is 920. The molecule has 0 saturated carbocycles. The summed E-state index contributed by atoms with van der Waals surface area (Å²) in [5.41, 5.74) is 5.20. The van der Waals surface area contributed by atoms with E-state index < -0.39 is 0 Å². The van der Waals surface area contributed by atoms with Crippen LogP contribution in [0.15, 0.2) is 54.6 Å². The number of halogens is 1. The number of H-pyrrole nitrogens is 1. The molecule has 0 aliphatic carbocycles. The van der Waals surface area contributed by atoms with E-state index in [-0.39, 0.29) is 6.10 Å². The predicted octanol–water partition coefficient (Wildman–Crippen LogP) is 5.38. The molecule has 0 spiro atoms. The second-order valence-electron chi connectivity index (χ2n) is 7.60.